The van der Waals surface area contributed by atoms with Gasteiger partial charge in [0, 0.05) is 6.54 Å². The van der Waals surface area contributed by atoms with Crippen molar-refractivity contribution in [2.24, 2.45) is 5.92 Å². The van der Waals surface area contributed by atoms with Gasteiger partial charge in [0.25, 0.3) is 0 Å². The Bertz CT molecular complexity index is 522. The number of benzene rings is 1. The molecule has 1 aromatic rings. The van der Waals surface area contributed by atoms with Crippen LogP contribution in [-0.4, -0.2) is 33.8 Å². The number of hydrogen-bond acceptors (Lipinski definition) is 3. The van der Waals surface area contributed by atoms with Gasteiger partial charge in [-0.25, -0.2) is 13.1 Å². The molecule has 1 heterocycles. The molecule has 112 valence electrons. The Morgan fingerprint density at radius 1 is 1.35 bits per heavy atom. The number of hydrogen-bond donors (Lipinski definition) is 2. The predicted octanol–water partition coefficient (Wildman–Crippen LogP) is 1.46. The molecule has 0 radical (unpaired) electrons. The first-order valence-corrected chi connectivity index (χ1v) is 8.94. The second-order valence-electron chi connectivity index (χ2n) is 5.56. The van der Waals surface area contributed by atoms with Crippen LogP contribution in [0.4, 0.5) is 0 Å². The molecule has 1 saturated heterocycles. The highest BCUT2D eigenvalue weighted by atomic mass is 32.2. The van der Waals surface area contributed by atoms with Crippen LogP contribution in [0.3, 0.4) is 0 Å². The molecule has 1 aliphatic heterocycles. The summed E-state index contributed by atoms with van der Waals surface area (Å²) >= 11 is 0. The summed E-state index contributed by atoms with van der Waals surface area (Å²) in [7, 11) is -3.15. The van der Waals surface area contributed by atoms with E-state index in [-0.39, 0.29) is 11.7 Å². The Hall–Kier alpha value is -0.910. The van der Waals surface area contributed by atoms with Gasteiger partial charge in [-0.05, 0) is 56.3 Å². The highest BCUT2D eigenvalue weighted by Gasteiger charge is 2.20. The van der Waals surface area contributed by atoms with Crippen molar-refractivity contribution in [3.8, 4) is 0 Å². The molecular weight excluding hydrogens is 272 g/mol. The normalized spacial score (nSPS) is 19.9. The quantitative estimate of drug-likeness (QED) is 0.835. The molecule has 1 aromatic carbocycles. The van der Waals surface area contributed by atoms with Crippen molar-refractivity contribution >= 4 is 10.0 Å². The van der Waals surface area contributed by atoms with Crippen LogP contribution in [0.15, 0.2) is 24.3 Å². The molecule has 20 heavy (non-hydrogen) atoms. The lowest BCUT2D eigenvalue weighted by molar-refractivity contribution is 0.403. The summed E-state index contributed by atoms with van der Waals surface area (Å²) in [6, 6.07) is 8.09. The standard InChI is InChI=1S/C15H24N2O2S/c1-13-5-2-3-7-15(13)8-10-17-20(18,19)12-14-6-4-9-16-11-14/h2-3,5,7,14,16-17H,4,6,8-12H2,1H3. The molecule has 4 nitrogen and oxygen atoms in total. The summed E-state index contributed by atoms with van der Waals surface area (Å²) in [5, 5.41) is 3.25. The molecule has 1 fully saturated rings. The van der Waals surface area contributed by atoms with E-state index in [4.69, 9.17) is 0 Å². The van der Waals surface area contributed by atoms with Gasteiger partial charge in [0.1, 0.15) is 0 Å². The van der Waals surface area contributed by atoms with Crippen LogP contribution >= 0.6 is 0 Å². The van der Waals surface area contributed by atoms with Crippen LogP contribution in [0.25, 0.3) is 0 Å². The lowest BCUT2D eigenvalue weighted by atomic mass is 10.0. The molecule has 1 aliphatic rings. The van der Waals surface area contributed by atoms with E-state index < -0.39 is 10.0 Å². The molecule has 1 atom stereocenters. The maximum absolute atomic E-state index is 12.0. The monoisotopic (exact) mass is 296 g/mol. The van der Waals surface area contributed by atoms with Crippen LogP contribution in [0.1, 0.15) is 24.0 Å². The molecule has 5 heteroatoms. The lowest BCUT2D eigenvalue weighted by Crippen LogP contribution is -2.38. The van der Waals surface area contributed by atoms with Crippen molar-refractivity contribution in [1.82, 2.24) is 10.0 Å². The largest absolute Gasteiger partial charge is 0.316 e. The minimum atomic E-state index is -3.15. The van der Waals surface area contributed by atoms with E-state index in [0.717, 1.165) is 32.4 Å². The molecule has 0 aromatic heterocycles. The Kier molecular flexibility index (Phi) is 5.57. The van der Waals surface area contributed by atoms with Gasteiger partial charge in [0.2, 0.25) is 10.0 Å². The van der Waals surface area contributed by atoms with Crippen molar-refractivity contribution in [3.05, 3.63) is 35.4 Å². The lowest BCUT2D eigenvalue weighted by Gasteiger charge is -2.22. The zero-order valence-electron chi connectivity index (χ0n) is 12.1. The number of sulfonamides is 1. The number of piperidine rings is 1. The Morgan fingerprint density at radius 2 is 2.15 bits per heavy atom. The second kappa shape index (κ2) is 7.20. The fourth-order valence-electron chi connectivity index (χ4n) is 2.67. The smallest absolute Gasteiger partial charge is 0.211 e. The average Bonchev–Trinajstić information content (AvgIpc) is 2.41. The van der Waals surface area contributed by atoms with Gasteiger partial charge < -0.3 is 5.32 Å². The topological polar surface area (TPSA) is 58.2 Å². The Labute approximate surface area is 122 Å². The third-order valence-corrected chi connectivity index (χ3v) is 5.39. The van der Waals surface area contributed by atoms with E-state index >= 15 is 0 Å². The number of nitrogens with one attached hydrogen (secondary N) is 2. The fraction of sp³-hybridized carbons (Fsp3) is 0.600. The summed E-state index contributed by atoms with van der Waals surface area (Å²) in [5.74, 6) is 0.494. The SMILES string of the molecule is Cc1ccccc1CCNS(=O)(=O)CC1CCCNC1. The molecule has 0 bridgehead atoms. The van der Waals surface area contributed by atoms with Crippen LogP contribution in [0.2, 0.25) is 0 Å². The van der Waals surface area contributed by atoms with Gasteiger partial charge in [-0.2, -0.15) is 0 Å². The Morgan fingerprint density at radius 3 is 2.85 bits per heavy atom. The minimum absolute atomic E-state index is 0.244. The third-order valence-electron chi connectivity index (χ3n) is 3.83. The third kappa shape index (κ3) is 4.89. The van der Waals surface area contributed by atoms with Crippen LogP contribution in [0, 0.1) is 12.8 Å². The first-order valence-electron chi connectivity index (χ1n) is 7.29. The maximum Gasteiger partial charge on any atom is 0.211 e. The summed E-state index contributed by atoms with van der Waals surface area (Å²) < 4.78 is 26.8. The van der Waals surface area contributed by atoms with Gasteiger partial charge >= 0.3 is 0 Å². The highest BCUT2D eigenvalue weighted by molar-refractivity contribution is 7.89. The molecule has 0 spiro atoms. The van der Waals surface area contributed by atoms with Crippen molar-refractivity contribution < 1.29 is 8.42 Å². The van der Waals surface area contributed by atoms with Crippen LogP contribution in [-0.2, 0) is 16.4 Å². The maximum atomic E-state index is 12.0. The van der Waals surface area contributed by atoms with E-state index in [1.54, 1.807) is 0 Å². The number of rotatable bonds is 6. The molecule has 2 rings (SSSR count). The molecule has 0 saturated carbocycles. The van der Waals surface area contributed by atoms with Crippen molar-refractivity contribution in [2.45, 2.75) is 26.2 Å². The molecule has 2 N–H and O–H groups in total. The van der Waals surface area contributed by atoms with Crippen LogP contribution < -0.4 is 10.0 Å². The first kappa shape index (κ1) is 15.5. The Balaban J connectivity index is 1.79. The second-order valence-corrected chi connectivity index (χ2v) is 7.42. The summed E-state index contributed by atoms with van der Waals surface area (Å²) in [6.07, 6.45) is 2.82. The van der Waals surface area contributed by atoms with E-state index in [9.17, 15) is 8.42 Å². The molecular formula is C15H24N2O2S. The van der Waals surface area contributed by atoms with Gasteiger partial charge in [-0.15, -0.1) is 0 Å². The van der Waals surface area contributed by atoms with E-state index in [1.807, 2.05) is 12.1 Å². The van der Waals surface area contributed by atoms with E-state index in [1.165, 1.54) is 11.1 Å². The highest BCUT2D eigenvalue weighted by Crippen LogP contribution is 2.12. The van der Waals surface area contributed by atoms with Crippen molar-refractivity contribution in [2.75, 3.05) is 25.4 Å². The predicted molar refractivity (Wildman–Crippen MR) is 82.3 cm³/mol. The van der Waals surface area contributed by atoms with E-state index in [2.05, 4.69) is 29.1 Å². The first-order chi connectivity index (χ1) is 9.57. The van der Waals surface area contributed by atoms with Crippen molar-refractivity contribution in [3.63, 3.8) is 0 Å². The average molecular weight is 296 g/mol. The minimum Gasteiger partial charge on any atom is -0.316 e. The van der Waals surface area contributed by atoms with Gasteiger partial charge in [0.15, 0.2) is 0 Å². The zero-order valence-corrected chi connectivity index (χ0v) is 12.9. The van der Waals surface area contributed by atoms with E-state index in [0.29, 0.717) is 6.54 Å². The van der Waals surface area contributed by atoms with Gasteiger partial charge in [-0.3, -0.25) is 0 Å². The summed E-state index contributed by atoms with van der Waals surface area (Å²) in [5.41, 5.74) is 2.41. The summed E-state index contributed by atoms with van der Waals surface area (Å²) in [4.78, 5) is 0. The van der Waals surface area contributed by atoms with Gasteiger partial charge in [0.05, 0.1) is 5.75 Å². The number of aryl methyl sites for hydroxylation is 1. The molecule has 0 amide bonds. The fourth-order valence-corrected chi connectivity index (χ4v) is 4.10. The van der Waals surface area contributed by atoms with Crippen LogP contribution in [0.5, 0.6) is 0 Å². The van der Waals surface area contributed by atoms with Gasteiger partial charge in [-0.1, -0.05) is 24.3 Å². The summed E-state index contributed by atoms with van der Waals surface area (Å²) in [6.45, 7) is 4.36. The van der Waals surface area contributed by atoms with Crippen molar-refractivity contribution in [1.29, 1.82) is 0 Å². The zero-order chi connectivity index (χ0) is 14.4. The molecule has 1 unspecified atom stereocenters. The molecule has 0 aliphatic carbocycles.